The lowest BCUT2D eigenvalue weighted by atomic mass is 9.86. The molecule has 0 radical (unpaired) electrons. The van der Waals surface area contributed by atoms with E-state index in [1.165, 1.54) is 18.4 Å². The van der Waals surface area contributed by atoms with Crippen LogP contribution in [0, 0.1) is 0 Å². The lowest BCUT2D eigenvalue weighted by Crippen LogP contribution is -2.27. The summed E-state index contributed by atoms with van der Waals surface area (Å²) in [4.78, 5) is 0. The maximum absolute atomic E-state index is 9.72. The molecule has 1 aliphatic heterocycles. The second-order valence-corrected chi connectivity index (χ2v) is 4.33. The average Bonchev–Trinajstić information content (AvgIpc) is 2.30. The van der Waals surface area contributed by atoms with Gasteiger partial charge in [0.2, 0.25) is 0 Å². The molecule has 1 heterocycles. The largest absolute Gasteiger partial charge is 0.389 e. The summed E-state index contributed by atoms with van der Waals surface area (Å²) in [7, 11) is 0. The van der Waals surface area contributed by atoms with Crippen LogP contribution in [0.3, 0.4) is 0 Å². The molecule has 2 rings (SSSR count). The predicted octanol–water partition coefficient (Wildman–Crippen LogP) is 2.21. The van der Waals surface area contributed by atoms with Gasteiger partial charge in [0.1, 0.15) is 0 Å². The molecule has 1 fully saturated rings. The Labute approximate surface area is 91.3 Å². The SMILES string of the molecule is C[C@@H](O)c1ccccc1C1CCNCC1. The van der Waals surface area contributed by atoms with E-state index in [1.807, 2.05) is 19.1 Å². The second-order valence-electron chi connectivity index (χ2n) is 4.33. The van der Waals surface area contributed by atoms with Gasteiger partial charge in [0.25, 0.3) is 0 Å². The summed E-state index contributed by atoms with van der Waals surface area (Å²) < 4.78 is 0. The molecule has 0 aromatic heterocycles. The molecule has 2 nitrogen and oxygen atoms in total. The van der Waals surface area contributed by atoms with Gasteiger partial charge in [-0.05, 0) is 49.9 Å². The Morgan fingerprint density at radius 2 is 1.93 bits per heavy atom. The zero-order valence-corrected chi connectivity index (χ0v) is 9.24. The van der Waals surface area contributed by atoms with Gasteiger partial charge in [-0.3, -0.25) is 0 Å². The Hall–Kier alpha value is -0.860. The Kier molecular flexibility index (Phi) is 3.39. The van der Waals surface area contributed by atoms with Crippen molar-refractivity contribution in [1.29, 1.82) is 0 Å². The summed E-state index contributed by atoms with van der Waals surface area (Å²) in [5.41, 5.74) is 2.44. The first-order valence-electron chi connectivity index (χ1n) is 5.76. The third-order valence-electron chi connectivity index (χ3n) is 3.23. The molecule has 1 aromatic rings. The summed E-state index contributed by atoms with van der Waals surface area (Å²) in [5.74, 6) is 0.622. The van der Waals surface area contributed by atoms with E-state index in [0.717, 1.165) is 18.7 Å². The number of benzene rings is 1. The van der Waals surface area contributed by atoms with Crippen molar-refractivity contribution in [3.05, 3.63) is 35.4 Å². The van der Waals surface area contributed by atoms with Crippen LogP contribution in [-0.4, -0.2) is 18.2 Å². The highest BCUT2D eigenvalue weighted by Gasteiger charge is 2.19. The van der Waals surface area contributed by atoms with Crippen LogP contribution in [0.15, 0.2) is 24.3 Å². The van der Waals surface area contributed by atoms with Gasteiger partial charge in [0.15, 0.2) is 0 Å². The topological polar surface area (TPSA) is 32.3 Å². The monoisotopic (exact) mass is 205 g/mol. The summed E-state index contributed by atoms with van der Waals surface area (Å²) in [6.45, 7) is 4.04. The van der Waals surface area contributed by atoms with Gasteiger partial charge < -0.3 is 10.4 Å². The first-order valence-corrected chi connectivity index (χ1v) is 5.76. The Morgan fingerprint density at radius 1 is 1.27 bits per heavy atom. The molecule has 0 unspecified atom stereocenters. The van der Waals surface area contributed by atoms with Crippen molar-refractivity contribution < 1.29 is 5.11 Å². The zero-order valence-electron chi connectivity index (χ0n) is 9.24. The fourth-order valence-corrected chi connectivity index (χ4v) is 2.40. The fraction of sp³-hybridized carbons (Fsp3) is 0.538. The molecule has 1 aromatic carbocycles. The van der Waals surface area contributed by atoms with E-state index in [9.17, 15) is 5.11 Å². The number of aliphatic hydroxyl groups is 1. The highest BCUT2D eigenvalue weighted by atomic mass is 16.3. The van der Waals surface area contributed by atoms with Crippen molar-refractivity contribution >= 4 is 0 Å². The third-order valence-corrected chi connectivity index (χ3v) is 3.23. The molecule has 0 bridgehead atoms. The molecular formula is C13H19NO. The molecule has 1 atom stereocenters. The van der Waals surface area contributed by atoms with Crippen molar-refractivity contribution in [2.75, 3.05) is 13.1 Å². The van der Waals surface area contributed by atoms with Gasteiger partial charge in [-0.2, -0.15) is 0 Å². The summed E-state index contributed by atoms with van der Waals surface area (Å²) in [6.07, 6.45) is 2.02. The minimum absolute atomic E-state index is 0.351. The molecule has 82 valence electrons. The maximum Gasteiger partial charge on any atom is 0.0764 e. The average molecular weight is 205 g/mol. The number of piperidine rings is 1. The number of hydrogen-bond donors (Lipinski definition) is 2. The third kappa shape index (κ3) is 2.39. The van der Waals surface area contributed by atoms with E-state index in [1.54, 1.807) is 0 Å². The van der Waals surface area contributed by atoms with E-state index < -0.39 is 0 Å². The number of rotatable bonds is 2. The predicted molar refractivity (Wildman–Crippen MR) is 61.9 cm³/mol. The lowest BCUT2D eigenvalue weighted by Gasteiger charge is -2.25. The summed E-state index contributed by atoms with van der Waals surface area (Å²) >= 11 is 0. The van der Waals surface area contributed by atoms with E-state index in [2.05, 4.69) is 17.4 Å². The van der Waals surface area contributed by atoms with Crippen LogP contribution < -0.4 is 5.32 Å². The van der Waals surface area contributed by atoms with Crippen LogP contribution in [0.5, 0.6) is 0 Å². The van der Waals surface area contributed by atoms with E-state index in [4.69, 9.17) is 0 Å². The van der Waals surface area contributed by atoms with Crippen molar-refractivity contribution in [2.45, 2.75) is 31.8 Å². The number of nitrogens with one attached hydrogen (secondary N) is 1. The molecule has 0 saturated carbocycles. The van der Waals surface area contributed by atoms with E-state index in [-0.39, 0.29) is 6.10 Å². The molecule has 0 aliphatic carbocycles. The number of aliphatic hydroxyl groups excluding tert-OH is 1. The Morgan fingerprint density at radius 3 is 2.60 bits per heavy atom. The highest BCUT2D eigenvalue weighted by Crippen LogP contribution is 2.30. The molecule has 0 amide bonds. The molecular weight excluding hydrogens is 186 g/mol. The van der Waals surface area contributed by atoms with Crippen LogP contribution in [-0.2, 0) is 0 Å². The highest BCUT2D eigenvalue weighted by molar-refractivity contribution is 5.32. The molecule has 15 heavy (non-hydrogen) atoms. The first-order chi connectivity index (χ1) is 7.29. The van der Waals surface area contributed by atoms with Crippen LogP contribution in [0.1, 0.15) is 42.9 Å². The normalized spacial score (nSPS) is 20.1. The molecule has 2 N–H and O–H groups in total. The van der Waals surface area contributed by atoms with Crippen molar-refractivity contribution in [1.82, 2.24) is 5.32 Å². The van der Waals surface area contributed by atoms with Crippen LogP contribution in [0.25, 0.3) is 0 Å². The summed E-state index contributed by atoms with van der Waals surface area (Å²) in [6, 6.07) is 8.29. The second kappa shape index (κ2) is 4.77. The number of hydrogen-bond acceptors (Lipinski definition) is 2. The van der Waals surface area contributed by atoms with Crippen LogP contribution in [0.4, 0.5) is 0 Å². The standard InChI is InChI=1S/C13H19NO/c1-10(15)12-4-2-3-5-13(12)11-6-8-14-9-7-11/h2-5,10-11,14-15H,6-9H2,1H3/t10-/m1/s1. The van der Waals surface area contributed by atoms with Gasteiger partial charge >= 0.3 is 0 Å². The van der Waals surface area contributed by atoms with Crippen molar-refractivity contribution in [2.24, 2.45) is 0 Å². The van der Waals surface area contributed by atoms with E-state index in [0.29, 0.717) is 5.92 Å². The van der Waals surface area contributed by atoms with Crippen LogP contribution in [0.2, 0.25) is 0 Å². The molecule has 1 saturated heterocycles. The molecule has 0 spiro atoms. The fourth-order valence-electron chi connectivity index (χ4n) is 2.40. The smallest absolute Gasteiger partial charge is 0.0764 e. The minimum atomic E-state index is -0.351. The van der Waals surface area contributed by atoms with Gasteiger partial charge in [0.05, 0.1) is 6.10 Å². The van der Waals surface area contributed by atoms with Gasteiger partial charge in [-0.1, -0.05) is 24.3 Å². The Balaban J connectivity index is 2.25. The maximum atomic E-state index is 9.72. The van der Waals surface area contributed by atoms with Gasteiger partial charge in [0, 0.05) is 0 Å². The zero-order chi connectivity index (χ0) is 10.7. The molecule has 2 heteroatoms. The minimum Gasteiger partial charge on any atom is -0.389 e. The lowest BCUT2D eigenvalue weighted by molar-refractivity contribution is 0.197. The quantitative estimate of drug-likeness (QED) is 0.776. The van der Waals surface area contributed by atoms with Crippen molar-refractivity contribution in [3.8, 4) is 0 Å². The van der Waals surface area contributed by atoms with Crippen molar-refractivity contribution in [3.63, 3.8) is 0 Å². The van der Waals surface area contributed by atoms with Crippen LogP contribution >= 0.6 is 0 Å². The molecule has 1 aliphatic rings. The van der Waals surface area contributed by atoms with Gasteiger partial charge in [-0.15, -0.1) is 0 Å². The summed E-state index contributed by atoms with van der Waals surface area (Å²) in [5, 5.41) is 13.1. The van der Waals surface area contributed by atoms with Gasteiger partial charge in [-0.25, -0.2) is 0 Å². The first kappa shape index (κ1) is 10.7. The Bertz CT molecular complexity index is 316. The van der Waals surface area contributed by atoms with E-state index >= 15 is 0 Å².